The van der Waals surface area contributed by atoms with Gasteiger partial charge in [0.05, 0.1) is 41.6 Å². The number of nitrogens with zero attached hydrogens (tertiary/aromatic N) is 4. The third-order valence-electron chi connectivity index (χ3n) is 4.80. The van der Waals surface area contributed by atoms with E-state index >= 15 is 0 Å². The predicted molar refractivity (Wildman–Crippen MR) is 95.1 cm³/mol. The second-order valence-corrected chi connectivity index (χ2v) is 6.43. The molecule has 0 saturated carbocycles. The summed E-state index contributed by atoms with van der Waals surface area (Å²) in [5, 5.41) is 0. The Morgan fingerprint density at radius 1 is 1.25 bits per heavy atom. The molecule has 0 aliphatic rings. The molecule has 7 nitrogen and oxygen atoms in total. The highest BCUT2D eigenvalue weighted by Gasteiger charge is 2.39. The molecular weight excluding hydrogens is 375 g/mol. The van der Waals surface area contributed by atoms with Crippen LogP contribution in [0.25, 0.3) is 16.9 Å². The number of carbonyl (C=O) groups is 1. The molecule has 3 aromatic rings. The van der Waals surface area contributed by atoms with Gasteiger partial charge in [-0.05, 0) is 25.5 Å². The second kappa shape index (κ2) is 6.77. The molecule has 10 heteroatoms. The lowest BCUT2D eigenvalue weighted by Gasteiger charge is -2.23. The molecule has 0 spiro atoms. The van der Waals surface area contributed by atoms with Gasteiger partial charge in [0.2, 0.25) is 11.7 Å². The van der Waals surface area contributed by atoms with E-state index in [-0.39, 0.29) is 22.5 Å². The minimum Gasteiger partial charge on any atom is -0.497 e. The fourth-order valence-electron chi connectivity index (χ4n) is 2.81. The zero-order chi connectivity index (χ0) is 20.7. The molecule has 1 atom stereocenters. The van der Waals surface area contributed by atoms with Gasteiger partial charge in [0, 0.05) is 6.07 Å². The highest BCUT2D eigenvalue weighted by atomic mass is 19.4. The molecule has 0 fully saturated rings. The van der Waals surface area contributed by atoms with Gasteiger partial charge in [-0.2, -0.15) is 13.2 Å². The number of rotatable bonds is 5. The molecule has 0 aliphatic heterocycles. The molecule has 2 heterocycles. The summed E-state index contributed by atoms with van der Waals surface area (Å²) in [4.78, 5) is 23.7. The van der Waals surface area contributed by atoms with Crippen molar-refractivity contribution in [2.75, 3.05) is 7.11 Å². The van der Waals surface area contributed by atoms with E-state index in [4.69, 9.17) is 10.5 Å². The van der Waals surface area contributed by atoms with Crippen molar-refractivity contribution in [2.45, 2.75) is 31.9 Å². The first-order valence-corrected chi connectivity index (χ1v) is 8.38. The summed E-state index contributed by atoms with van der Waals surface area (Å²) in [6.07, 6.45) is -1.90. The van der Waals surface area contributed by atoms with E-state index < -0.39 is 23.3 Å². The second-order valence-electron chi connectivity index (χ2n) is 6.43. The van der Waals surface area contributed by atoms with E-state index in [0.29, 0.717) is 12.2 Å². The maximum atomic E-state index is 13.6. The van der Waals surface area contributed by atoms with Gasteiger partial charge in [-0.15, -0.1) is 0 Å². The van der Waals surface area contributed by atoms with Crippen LogP contribution in [0.5, 0.6) is 5.75 Å². The van der Waals surface area contributed by atoms with Crippen molar-refractivity contribution in [1.82, 2.24) is 19.5 Å². The first-order valence-electron chi connectivity index (χ1n) is 8.38. The number of aromatic nitrogens is 4. The average molecular weight is 393 g/mol. The highest BCUT2D eigenvalue weighted by molar-refractivity contribution is 5.85. The molecular formula is C18H18F3N5O2. The Hall–Kier alpha value is -3.17. The van der Waals surface area contributed by atoms with Crippen LogP contribution in [0.4, 0.5) is 13.2 Å². The van der Waals surface area contributed by atoms with Gasteiger partial charge in [0.25, 0.3) is 0 Å². The van der Waals surface area contributed by atoms with Gasteiger partial charge in [-0.3, -0.25) is 14.3 Å². The number of nitrogens with two attached hydrogens (primary N) is 1. The number of alkyl halides is 3. The van der Waals surface area contributed by atoms with Crippen LogP contribution >= 0.6 is 0 Å². The Kier molecular flexibility index (Phi) is 4.74. The van der Waals surface area contributed by atoms with Crippen LogP contribution in [0, 0.1) is 0 Å². The van der Waals surface area contributed by atoms with Crippen LogP contribution in [-0.4, -0.2) is 32.5 Å². The van der Waals surface area contributed by atoms with E-state index in [1.807, 2.05) is 0 Å². The molecule has 148 valence electrons. The molecule has 2 aromatic heterocycles. The molecule has 0 saturated heterocycles. The Balaban J connectivity index is 2.19. The molecule has 0 aliphatic carbocycles. The maximum absolute atomic E-state index is 13.6. The summed E-state index contributed by atoms with van der Waals surface area (Å²) >= 11 is 0. The van der Waals surface area contributed by atoms with Crippen LogP contribution < -0.4 is 10.5 Å². The van der Waals surface area contributed by atoms with Crippen molar-refractivity contribution in [1.29, 1.82) is 0 Å². The van der Waals surface area contributed by atoms with E-state index in [1.54, 1.807) is 13.8 Å². The minimum atomic E-state index is -4.71. The monoisotopic (exact) mass is 393 g/mol. The first-order chi connectivity index (χ1) is 13.1. The standard InChI is InChI=1S/C18H18F3N5O2/c1-4-17(2,15(22)27)13-8-24-14(9-23-13)26-12-6-5-10(28-3)7-11(12)25-16(26)18(19,20)21/h5-9H,4H2,1-3H3,(H2,22,27). The van der Waals surface area contributed by atoms with Gasteiger partial charge >= 0.3 is 6.18 Å². The zero-order valence-corrected chi connectivity index (χ0v) is 15.4. The molecule has 1 amide bonds. The number of amides is 1. The first kappa shape index (κ1) is 19.6. The van der Waals surface area contributed by atoms with E-state index in [9.17, 15) is 18.0 Å². The van der Waals surface area contributed by atoms with Crippen molar-refractivity contribution in [3.05, 3.63) is 42.1 Å². The van der Waals surface area contributed by atoms with Crippen molar-refractivity contribution in [3.8, 4) is 11.6 Å². The number of imidazole rings is 1. The fraction of sp³-hybridized carbons (Fsp3) is 0.333. The number of ether oxygens (including phenoxy) is 1. The number of hydrogen-bond acceptors (Lipinski definition) is 5. The topological polar surface area (TPSA) is 95.9 Å². The maximum Gasteiger partial charge on any atom is 0.450 e. The lowest BCUT2D eigenvalue weighted by Crippen LogP contribution is -2.38. The van der Waals surface area contributed by atoms with Crippen LogP contribution in [-0.2, 0) is 16.4 Å². The van der Waals surface area contributed by atoms with E-state index in [0.717, 1.165) is 4.57 Å². The molecule has 0 bridgehead atoms. The van der Waals surface area contributed by atoms with Crippen LogP contribution in [0.2, 0.25) is 0 Å². The van der Waals surface area contributed by atoms with E-state index in [1.165, 1.54) is 37.7 Å². The Morgan fingerprint density at radius 2 is 1.96 bits per heavy atom. The Bertz CT molecular complexity index is 1030. The van der Waals surface area contributed by atoms with Gasteiger partial charge in [-0.25, -0.2) is 9.97 Å². The summed E-state index contributed by atoms with van der Waals surface area (Å²) in [6.45, 7) is 3.37. The van der Waals surface area contributed by atoms with Crippen molar-refractivity contribution < 1.29 is 22.7 Å². The average Bonchev–Trinajstić information content (AvgIpc) is 3.06. The SMILES string of the molecule is CCC(C)(C(N)=O)c1cnc(-n2c(C(F)(F)F)nc3cc(OC)ccc32)cn1. The largest absolute Gasteiger partial charge is 0.497 e. The number of fused-ring (bicyclic) bond motifs is 1. The smallest absolute Gasteiger partial charge is 0.450 e. The summed E-state index contributed by atoms with van der Waals surface area (Å²) in [7, 11) is 1.41. The molecule has 1 aromatic carbocycles. The number of benzene rings is 1. The molecule has 2 N–H and O–H groups in total. The van der Waals surface area contributed by atoms with Gasteiger partial charge in [-0.1, -0.05) is 6.92 Å². The predicted octanol–water partition coefficient (Wildman–Crippen LogP) is 3.00. The molecule has 28 heavy (non-hydrogen) atoms. The normalized spacial score (nSPS) is 14.1. The lowest BCUT2D eigenvalue weighted by atomic mass is 9.83. The molecule has 1 unspecified atom stereocenters. The Morgan fingerprint density at radius 3 is 2.46 bits per heavy atom. The quantitative estimate of drug-likeness (QED) is 0.719. The number of halogens is 3. The number of primary amides is 1. The minimum absolute atomic E-state index is 0.0772. The summed E-state index contributed by atoms with van der Waals surface area (Å²) in [6, 6.07) is 4.40. The molecule has 3 rings (SSSR count). The molecule has 0 radical (unpaired) electrons. The summed E-state index contributed by atoms with van der Waals surface area (Å²) in [5.74, 6) is -1.42. The van der Waals surface area contributed by atoms with Crippen LogP contribution in [0.15, 0.2) is 30.6 Å². The van der Waals surface area contributed by atoms with Gasteiger partial charge in [0.15, 0.2) is 5.82 Å². The van der Waals surface area contributed by atoms with Gasteiger partial charge < -0.3 is 10.5 Å². The third kappa shape index (κ3) is 3.14. The van der Waals surface area contributed by atoms with Crippen molar-refractivity contribution in [3.63, 3.8) is 0 Å². The number of methoxy groups -OCH3 is 1. The van der Waals surface area contributed by atoms with Crippen LogP contribution in [0.3, 0.4) is 0 Å². The van der Waals surface area contributed by atoms with Crippen molar-refractivity contribution >= 4 is 16.9 Å². The van der Waals surface area contributed by atoms with Crippen LogP contribution in [0.1, 0.15) is 31.8 Å². The summed E-state index contributed by atoms with van der Waals surface area (Å²) in [5.41, 5.74) is 4.97. The van der Waals surface area contributed by atoms with Gasteiger partial charge in [0.1, 0.15) is 5.75 Å². The van der Waals surface area contributed by atoms with Crippen molar-refractivity contribution in [2.24, 2.45) is 5.73 Å². The number of hydrogen-bond donors (Lipinski definition) is 1. The lowest BCUT2D eigenvalue weighted by molar-refractivity contribution is -0.145. The third-order valence-corrected chi connectivity index (χ3v) is 4.80. The number of carbonyl (C=O) groups excluding carboxylic acids is 1. The van der Waals surface area contributed by atoms with E-state index in [2.05, 4.69) is 15.0 Å². The highest BCUT2D eigenvalue weighted by Crippen LogP contribution is 2.34. The zero-order valence-electron chi connectivity index (χ0n) is 15.4. The fourth-order valence-corrected chi connectivity index (χ4v) is 2.81. The summed E-state index contributed by atoms with van der Waals surface area (Å²) < 4.78 is 46.6. The Labute approximate surface area is 158 Å².